The van der Waals surface area contributed by atoms with Crippen LogP contribution < -0.4 is 10.1 Å². The molecule has 4 aliphatic heterocycles. The second kappa shape index (κ2) is 5.01. The van der Waals surface area contributed by atoms with Gasteiger partial charge in [0.1, 0.15) is 11.4 Å². The van der Waals surface area contributed by atoms with E-state index in [4.69, 9.17) is 9.47 Å². The predicted octanol–water partition coefficient (Wildman–Crippen LogP) is 0.632. The number of hydrogen-bond acceptors (Lipinski definition) is 6. The number of nitrogens with zero attached hydrogens (tertiary/aromatic N) is 1. The summed E-state index contributed by atoms with van der Waals surface area (Å²) in [4.78, 5) is 15.0. The Balaban J connectivity index is 1.66. The number of carbonyl (C=O) groups excluding carboxylic acids is 1. The van der Waals surface area contributed by atoms with Gasteiger partial charge in [-0.05, 0) is 24.5 Å². The SMILES string of the molecule is CC[C@@]12C3CC(=O)N4CC[C@]5(c6ccc(OC)cc6N[C@@H]5[C@](CO)(O3)[C@@H]1O)[C@H]42. The van der Waals surface area contributed by atoms with Crippen LogP contribution in [0.15, 0.2) is 18.2 Å². The fraction of sp³-hybridized carbons (Fsp3) is 0.667. The largest absolute Gasteiger partial charge is 0.497 e. The number of anilines is 1. The maximum absolute atomic E-state index is 13.0. The molecule has 1 aromatic rings. The molecule has 28 heavy (non-hydrogen) atoms. The smallest absolute Gasteiger partial charge is 0.225 e. The van der Waals surface area contributed by atoms with Crippen LogP contribution in [0.5, 0.6) is 5.75 Å². The first kappa shape index (κ1) is 17.1. The van der Waals surface area contributed by atoms with Crippen molar-refractivity contribution in [1.82, 2.24) is 4.90 Å². The van der Waals surface area contributed by atoms with Crippen molar-refractivity contribution < 1.29 is 24.5 Å². The van der Waals surface area contributed by atoms with Crippen LogP contribution in [0.1, 0.15) is 31.7 Å². The Hall–Kier alpha value is -1.83. The summed E-state index contributed by atoms with van der Waals surface area (Å²) in [5, 5.41) is 25.7. The molecule has 5 aliphatic rings. The number of aliphatic hydroxyl groups is 2. The number of nitrogens with one attached hydrogen (secondary N) is 1. The minimum Gasteiger partial charge on any atom is -0.497 e. The number of methoxy groups -OCH3 is 1. The first-order valence-corrected chi connectivity index (χ1v) is 10.2. The van der Waals surface area contributed by atoms with Crippen LogP contribution >= 0.6 is 0 Å². The molecule has 1 unspecified atom stereocenters. The number of ether oxygens (including phenoxy) is 2. The Morgan fingerprint density at radius 3 is 2.96 bits per heavy atom. The van der Waals surface area contributed by atoms with Crippen molar-refractivity contribution in [3.8, 4) is 5.75 Å². The summed E-state index contributed by atoms with van der Waals surface area (Å²) in [7, 11) is 1.64. The molecular weight excluding hydrogens is 360 g/mol. The van der Waals surface area contributed by atoms with E-state index in [2.05, 4.69) is 18.3 Å². The van der Waals surface area contributed by atoms with E-state index in [1.165, 1.54) is 0 Å². The molecule has 1 saturated carbocycles. The topological polar surface area (TPSA) is 91.3 Å². The molecule has 3 saturated heterocycles. The maximum atomic E-state index is 13.0. The number of fused-ring (bicyclic) bond motifs is 3. The van der Waals surface area contributed by atoms with E-state index in [0.29, 0.717) is 13.0 Å². The van der Waals surface area contributed by atoms with Crippen LogP contribution in [0.25, 0.3) is 0 Å². The van der Waals surface area contributed by atoms with Gasteiger partial charge in [-0.3, -0.25) is 4.79 Å². The minimum atomic E-state index is -1.12. The summed E-state index contributed by atoms with van der Waals surface area (Å²) in [6.45, 7) is 2.47. The second-order valence-electron chi connectivity index (χ2n) is 9.06. The van der Waals surface area contributed by atoms with E-state index in [1.54, 1.807) is 7.11 Å². The molecule has 1 aromatic carbocycles. The number of amides is 1. The molecule has 7 atom stereocenters. The van der Waals surface area contributed by atoms with Crippen LogP contribution in [-0.4, -0.2) is 71.2 Å². The van der Waals surface area contributed by atoms with Crippen LogP contribution in [-0.2, 0) is 14.9 Å². The van der Waals surface area contributed by atoms with Gasteiger partial charge in [-0.2, -0.15) is 0 Å². The molecule has 7 heteroatoms. The van der Waals surface area contributed by atoms with Crippen molar-refractivity contribution in [2.45, 2.75) is 61.5 Å². The molecule has 0 radical (unpaired) electrons. The van der Waals surface area contributed by atoms with Crippen molar-refractivity contribution in [2.75, 3.05) is 25.6 Å². The first-order valence-electron chi connectivity index (χ1n) is 10.2. The number of piperidine rings is 1. The van der Waals surface area contributed by atoms with Crippen molar-refractivity contribution in [3.05, 3.63) is 23.8 Å². The molecule has 6 rings (SSSR count). The van der Waals surface area contributed by atoms with Gasteiger partial charge in [0, 0.05) is 29.1 Å². The van der Waals surface area contributed by atoms with Crippen molar-refractivity contribution in [3.63, 3.8) is 0 Å². The van der Waals surface area contributed by atoms with E-state index >= 15 is 0 Å². The summed E-state index contributed by atoms with van der Waals surface area (Å²) in [6, 6.07) is 5.58. The number of benzene rings is 1. The van der Waals surface area contributed by atoms with E-state index in [9.17, 15) is 15.0 Å². The second-order valence-corrected chi connectivity index (χ2v) is 9.06. The van der Waals surface area contributed by atoms with E-state index in [0.717, 1.165) is 23.4 Å². The molecule has 2 bridgehead atoms. The summed E-state index contributed by atoms with van der Waals surface area (Å²) in [5.41, 5.74) is 0.0249. The number of aliphatic hydroxyl groups excluding tert-OH is 2. The highest BCUT2D eigenvalue weighted by Crippen LogP contribution is 2.70. The number of rotatable bonds is 3. The van der Waals surface area contributed by atoms with Gasteiger partial charge in [-0.25, -0.2) is 0 Å². The minimum absolute atomic E-state index is 0.0968. The van der Waals surface area contributed by atoms with Gasteiger partial charge < -0.3 is 29.9 Å². The van der Waals surface area contributed by atoms with E-state index in [1.807, 2.05) is 17.0 Å². The summed E-state index contributed by atoms with van der Waals surface area (Å²) < 4.78 is 11.9. The van der Waals surface area contributed by atoms with Crippen LogP contribution in [0.3, 0.4) is 0 Å². The zero-order valence-electron chi connectivity index (χ0n) is 16.1. The van der Waals surface area contributed by atoms with Gasteiger partial charge in [0.15, 0.2) is 0 Å². The Labute approximate surface area is 163 Å². The normalized spacial score (nSPS) is 47.0. The fourth-order valence-corrected chi connectivity index (χ4v) is 7.60. The van der Waals surface area contributed by atoms with Crippen molar-refractivity contribution in [2.24, 2.45) is 5.41 Å². The van der Waals surface area contributed by atoms with Gasteiger partial charge in [0.05, 0.1) is 44.4 Å². The summed E-state index contributed by atoms with van der Waals surface area (Å²) in [5.74, 6) is 0.850. The highest BCUT2D eigenvalue weighted by Gasteiger charge is 2.83. The van der Waals surface area contributed by atoms with Crippen molar-refractivity contribution >= 4 is 11.6 Å². The lowest BCUT2D eigenvalue weighted by Crippen LogP contribution is -2.76. The lowest BCUT2D eigenvalue weighted by molar-refractivity contribution is -0.159. The molecule has 7 nitrogen and oxygen atoms in total. The molecule has 1 amide bonds. The number of hydrogen-bond donors (Lipinski definition) is 3. The predicted molar refractivity (Wildman–Crippen MR) is 100 cm³/mol. The van der Waals surface area contributed by atoms with Crippen LogP contribution in [0, 0.1) is 5.41 Å². The summed E-state index contributed by atoms with van der Waals surface area (Å²) in [6.07, 6.45) is 0.585. The lowest BCUT2D eigenvalue weighted by atomic mass is 9.48. The Bertz CT molecular complexity index is 892. The van der Waals surface area contributed by atoms with Gasteiger partial charge in [0.2, 0.25) is 5.91 Å². The monoisotopic (exact) mass is 386 g/mol. The Kier molecular flexibility index (Phi) is 3.05. The van der Waals surface area contributed by atoms with Crippen LogP contribution in [0.4, 0.5) is 5.69 Å². The maximum Gasteiger partial charge on any atom is 0.225 e. The molecule has 4 fully saturated rings. The molecule has 3 N–H and O–H groups in total. The van der Waals surface area contributed by atoms with Gasteiger partial charge >= 0.3 is 0 Å². The standard InChI is InChI=1S/C21H26N2O5/c1-3-19-14-9-15(25)23-7-6-20(17(19)23)12-5-4-11(27-2)8-13(12)22-16(20)21(10-24,28-14)18(19)26/h4-5,8,14,16-18,22,24,26H,3,6-7,9-10H2,1-2H3/t14?,16-,17+,18+,19-,20+,21-/m0/s1. The van der Waals surface area contributed by atoms with Gasteiger partial charge in [-0.1, -0.05) is 13.0 Å². The zero-order valence-corrected chi connectivity index (χ0v) is 16.1. The average Bonchev–Trinajstić information content (AvgIpc) is 3.33. The lowest BCUT2D eigenvalue weighted by Gasteiger charge is -2.59. The summed E-state index contributed by atoms with van der Waals surface area (Å²) >= 11 is 0. The van der Waals surface area contributed by atoms with Crippen LogP contribution in [0.2, 0.25) is 0 Å². The Morgan fingerprint density at radius 2 is 2.25 bits per heavy atom. The third-order valence-electron chi connectivity index (χ3n) is 8.58. The van der Waals surface area contributed by atoms with Crippen molar-refractivity contribution in [1.29, 1.82) is 0 Å². The molecule has 4 heterocycles. The highest BCUT2D eigenvalue weighted by molar-refractivity contribution is 5.82. The average molecular weight is 386 g/mol. The third-order valence-corrected chi connectivity index (χ3v) is 8.58. The van der Waals surface area contributed by atoms with E-state index in [-0.39, 0.29) is 42.5 Å². The molecule has 1 spiro atoms. The fourth-order valence-electron chi connectivity index (χ4n) is 7.60. The molecular formula is C21H26N2O5. The molecule has 0 aromatic heterocycles. The van der Waals surface area contributed by atoms with Gasteiger partial charge in [0.25, 0.3) is 0 Å². The third kappa shape index (κ3) is 1.46. The highest BCUT2D eigenvalue weighted by atomic mass is 16.6. The zero-order chi connectivity index (χ0) is 19.5. The van der Waals surface area contributed by atoms with Gasteiger partial charge in [-0.15, -0.1) is 0 Å². The molecule has 1 aliphatic carbocycles. The van der Waals surface area contributed by atoms with E-state index < -0.39 is 17.1 Å². The quantitative estimate of drug-likeness (QED) is 0.706. The molecule has 150 valence electrons. The first-order chi connectivity index (χ1) is 13.5. The Morgan fingerprint density at radius 1 is 1.43 bits per heavy atom. The number of carbonyl (C=O) groups is 1.